The number of piperidine rings is 1. The Labute approximate surface area is 203 Å². The van der Waals surface area contributed by atoms with Crippen LogP contribution in [0.15, 0.2) is 43.0 Å². The molecule has 3 fully saturated rings. The number of aliphatic hydroxyl groups is 1. The van der Waals surface area contributed by atoms with E-state index in [0.717, 1.165) is 67.8 Å². The first-order chi connectivity index (χ1) is 17.0. The highest BCUT2D eigenvalue weighted by atomic mass is 16.5. The number of β-amino-alcohol motifs (C(OH)–C–C–N with tert-alkyl or cyclic N) is 1. The minimum absolute atomic E-state index is 0.250. The molecule has 3 aliphatic rings. The molecule has 10 heteroatoms. The summed E-state index contributed by atoms with van der Waals surface area (Å²) < 4.78 is 5.22. The molecule has 0 amide bonds. The van der Waals surface area contributed by atoms with Gasteiger partial charge in [0.05, 0.1) is 24.9 Å². The maximum Gasteiger partial charge on any atom is 0.290 e. The number of hydrogen-bond donors (Lipinski definition) is 2. The van der Waals surface area contributed by atoms with Crippen molar-refractivity contribution in [2.24, 2.45) is 5.41 Å². The van der Waals surface area contributed by atoms with Crippen LogP contribution < -0.4 is 4.90 Å². The predicted octanol–water partition coefficient (Wildman–Crippen LogP) is 1.84. The minimum atomic E-state index is -0.635. The van der Waals surface area contributed by atoms with Gasteiger partial charge in [-0.1, -0.05) is 0 Å². The number of ether oxygens (including phenoxy) is 1. The lowest BCUT2D eigenvalue weighted by Crippen LogP contribution is -2.57. The molecule has 0 aromatic carbocycles. The van der Waals surface area contributed by atoms with Crippen LogP contribution >= 0.6 is 0 Å². The maximum atomic E-state index is 10.5. The Morgan fingerprint density at radius 1 is 1.00 bits per heavy atom. The molecule has 10 nitrogen and oxygen atoms in total. The van der Waals surface area contributed by atoms with E-state index in [-0.39, 0.29) is 6.47 Å². The molecule has 3 aromatic rings. The fraction of sp³-hybridized carbons (Fsp3) is 0.480. The molecule has 2 N–H and O–H groups in total. The number of carbonyl (C=O) groups is 1. The number of rotatable bonds is 4. The van der Waals surface area contributed by atoms with Crippen LogP contribution in [0.5, 0.6) is 0 Å². The van der Waals surface area contributed by atoms with Gasteiger partial charge in [0.15, 0.2) is 5.82 Å². The third-order valence-corrected chi connectivity index (χ3v) is 7.32. The first-order valence-electron chi connectivity index (χ1n) is 11.9. The van der Waals surface area contributed by atoms with Gasteiger partial charge in [-0.3, -0.25) is 19.7 Å². The normalized spacial score (nSPS) is 20.8. The minimum Gasteiger partial charge on any atom is -0.483 e. The van der Waals surface area contributed by atoms with Crippen LogP contribution in [0.25, 0.3) is 22.3 Å². The van der Waals surface area contributed by atoms with Gasteiger partial charge in [-0.2, -0.15) is 0 Å². The number of nitrogens with zero attached hydrogens (tertiary/aromatic N) is 6. The third-order valence-electron chi connectivity index (χ3n) is 7.32. The van der Waals surface area contributed by atoms with Crippen molar-refractivity contribution in [3.05, 3.63) is 43.0 Å². The van der Waals surface area contributed by atoms with E-state index in [1.165, 1.54) is 6.42 Å². The van der Waals surface area contributed by atoms with Gasteiger partial charge in [0.25, 0.3) is 6.47 Å². The van der Waals surface area contributed by atoms with E-state index in [2.05, 4.69) is 19.8 Å². The van der Waals surface area contributed by atoms with E-state index in [4.69, 9.17) is 24.6 Å². The molecule has 3 saturated heterocycles. The van der Waals surface area contributed by atoms with Gasteiger partial charge < -0.3 is 19.8 Å². The van der Waals surface area contributed by atoms with Crippen molar-refractivity contribution in [1.29, 1.82) is 0 Å². The first kappa shape index (κ1) is 23.5. The molecule has 0 bridgehead atoms. The van der Waals surface area contributed by atoms with Crippen LogP contribution in [0, 0.1) is 5.41 Å². The molecule has 0 unspecified atom stereocenters. The molecule has 0 aliphatic carbocycles. The van der Waals surface area contributed by atoms with Crippen LogP contribution in [-0.4, -0.2) is 93.1 Å². The lowest BCUT2D eigenvalue weighted by atomic mass is 9.77. The highest BCUT2D eigenvalue weighted by Gasteiger charge is 2.45. The fourth-order valence-electron chi connectivity index (χ4n) is 5.44. The fourth-order valence-corrected chi connectivity index (χ4v) is 5.44. The zero-order valence-electron chi connectivity index (χ0n) is 19.6. The summed E-state index contributed by atoms with van der Waals surface area (Å²) in [5.74, 6) is 1.71. The number of pyridine rings is 2. The van der Waals surface area contributed by atoms with Gasteiger partial charge >= 0.3 is 0 Å². The van der Waals surface area contributed by atoms with E-state index in [9.17, 15) is 5.11 Å². The zero-order valence-corrected chi connectivity index (χ0v) is 19.6. The lowest BCUT2D eigenvalue weighted by molar-refractivity contribution is -0.186. The predicted molar refractivity (Wildman–Crippen MR) is 130 cm³/mol. The van der Waals surface area contributed by atoms with E-state index in [0.29, 0.717) is 24.5 Å². The Morgan fingerprint density at radius 3 is 2.37 bits per heavy atom. The molecular weight excluding hydrogens is 448 g/mol. The number of hydrogen-bond acceptors (Lipinski definition) is 9. The van der Waals surface area contributed by atoms with Gasteiger partial charge in [-0.25, -0.2) is 9.97 Å². The summed E-state index contributed by atoms with van der Waals surface area (Å²) in [6.07, 6.45) is 10.7. The smallest absolute Gasteiger partial charge is 0.290 e. The second-order valence-electron chi connectivity index (χ2n) is 9.77. The summed E-state index contributed by atoms with van der Waals surface area (Å²) in [6, 6.07) is 5.91. The van der Waals surface area contributed by atoms with Crippen LogP contribution in [0.4, 0.5) is 5.82 Å². The topological polar surface area (TPSA) is 125 Å². The quantitative estimate of drug-likeness (QED) is 0.537. The van der Waals surface area contributed by atoms with E-state index < -0.39 is 5.60 Å². The zero-order chi connectivity index (χ0) is 24.3. The van der Waals surface area contributed by atoms with Crippen molar-refractivity contribution in [2.45, 2.75) is 24.9 Å². The van der Waals surface area contributed by atoms with E-state index in [1.807, 2.05) is 30.6 Å². The Hall–Kier alpha value is -3.21. The average molecular weight is 479 g/mol. The molecule has 0 radical (unpaired) electrons. The summed E-state index contributed by atoms with van der Waals surface area (Å²) in [4.78, 5) is 31.4. The van der Waals surface area contributed by atoms with Crippen molar-refractivity contribution < 1.29 is 19.7 Å². The Bertz CT molecular complexity index is 1170. The van der Waals surface area contributed by atoms with Gasteiger partial charge in [0, 0.05) is 55.7 Å². The molecule has 6 heterocycles. The summed E-state index contributed by atoms with van der Waals surface area (Å²) in [7, 11) is 0. The largest absolute Gasteiger partial charge is 0.483 e. The van der Waals surface area contributed by atoms with Crippen molar-refractivity contribution in [3.63, 3.8) is 0 Å². The van der Waals surface area contributed by atoms with E-state index in [1.54, 1.807) is 12.4 Å². The molecule has 1 spiro atoms. The average Bonchev–Trinajstić information content (AvgIpc) is 3.25. The van der Waals surface area contributed by atoms with E-state index >= 15 is 0 Å². The molecule has 35 heavy (non-hydrogen) atoms. The molecule has 6 rings (SSSR count). The summed E-state index contributed by atoms with van der Waals surface area (Å²) >= 11 is 0. The summed E-state index contributed by atoms with van der Waals surface area (Å²) in [5.41, 5.74) is 1.54. The molecule has 0 atom stereocenters. The van der Waals surface area contributed by atoms with Crippen molar-refractivity contribution in [1.82, 2.24) is 24.8 Å². The Kier molecular flexibility index (Phi) is 6.59. The second-order valence-corrected chi connectivity index (χ2v) is 9.77. The number of likely N-dealkylation sites (tertiary alicyclic amines) is 1. The number of carboxylic acid groups (broad SMARTS) is 1. The van der Waals surface area contributed by atoms with Crippen LogP contribution in [-0.2, 0) is 9.53 Å². The maximum absolute atomic E-state index is 10.5. The van der Waals surface area contributed by atoms with Crippen LogP contribution in [0.3, 0.4) is 0 Å². The first-order valence-corrected chi connectivity index (χ1v) is 11.9. The highest BCUT2D eigenvalue weighted by Crippen LogP contribution is 2.42. The van der Waals surface area contributed by atoms with Crippen molar-refractivity contribution >= 4 is 23.2 Å². The van der Waals surface area contributed by atoms with Crippen molar-refractivity contribution in [3.8, 4) is 11.4 Å². The Balaban J connectivity index is 0.000000806. The SMILES string of the molecule is O=CO.OC1(CN2CCC3(CCN(c4nc(-c5ccncc5)nc5cnccc45)CC3)C2)COC1. The number of anilines is 1. The van der Waals surface area contributed by atoms with Crippen LogP contribution in [0.1, 0.15) is 19.3 Å². The molecule has 184 valence electrons. The monoisotopic (exact) mass is 478 g/mol. The lowest BCUT2D eigenvalue weighted by Gasteiger charge is -2.42. The van der Waals surface area contributed by atoms with Gasteiger partial charge in [0.2, 0.25) is 0 Å². The molecule has 0 saturated carbocycles. The number of fused-ring (bicyclic) bond motifs is 1. The van der Waals surface area contributed by atoms with Gasteiger partial charge in [-0.15, -0.1) is 0 Å². The van der Waals surface area contributed by atoms with Gasteiger partial charge in [0.1, 0.15) is 11.4 Å². The second kappa shape index (κ2) is 9.80. The number of aromatic nitrogens is 4. The highest BCUT2D eigenvalue weighted by molar-refractivity contribution is 5.90. The van der Waals surface area contributed by atoms with Gasteiger partial charge in [-0.05, 0) is 49.4 Å². The van der Waals surface area contributed by atoms with Crippen LogP contribution in [0.2, 0.25) is 0 Å². The standard InChI is InChI=1S/C24H28N6O2.CH2O2/c31-24(16-32-17-24)15-29-10-4-23(14-29)5-11-30(12-6-23)22-19-3-9-26-13-20(19)27-21(28-22)18-1-7-25-8-2-18;2-1-3/h1-3,7-9,13,31H,4-6,10-12,14-17H2;1H,(H,2,3). The van der Waals surface area contributed by atoms with Crippen molar-refractivity contribution in [2.75, 3.05) is 50.8 Å². The molecular formula is C25H30N6O4. The summed E-state index contributed by atoms with van der Waals surface area (Å²) in [6.45, 7) is 5.52. The Morgan fingerprint density at radius 2 is 1.69 bits per heavy atom. The molecule has 3 aliphatic heterocycles. The summed E-state index contributed by atoms with van der Waals surface area (Å²) in [5, 5.41) is 18.4. The molecule has 3 aromatic heterocycles. The third kappa shape index (κ3) is 4.95.